The van der Waals surface area contributed by atoms with Crippen LogP contribution in [0.15, 0.2) is 30.3 Å². The molecule has 3 heterocycles. The van der Waals surface area contributed by atoms with Crippen molar-refractivity contribution in [3.8, 4) is 6.07 Å². The average molecular weight is 378 g/mol. The highest BCUT2D eigenvalue weighted by Crippen LogP contribution is 2.20. The molecule has 28 heavy (non-hydrogen) atoms. The average Bonchev–Trinajstić information content (AvgIpc) is 2.75. The minimum absolute atomic E-state index is 0.712. The highest BCUT2D eigenvalue weighted by atomic mass is 16.5. The van der Waals surface area contributed by atoms with Gasteiger partial charge in [-0.3, -0.25) is 4.90 Å². The van der Waals surface area contributed by atoms with E-state index in [1.807, 2.05) is 31.2 Å². The number of aromatic nitrogens is 2. The maximum atomic E-state index is 8.92. The molecule has 2 aliphatic rings. The molecule has 0 spiro atoms. The largest absolute Gasteiger partial charge is 0.378 e. The van der Waals surface area contributed by atoms with Gasteiger partial charge in [0.25, 0.3) is 0 Å². The summed E-state index contributed by atoms with van der Waals surface area (Å²) in [6.07, 6.45) is 0. The quantitative estimate of drug-likeness (QED) is 0.804. The van der Waals surface area contributed by atoms with Crippen molar-refractivity contribution in [3.05, 3.63) is 47.2 Å². The summed E-state index contributed by atoms with van der Waals surface area (Å²) in [7, 11) is 0. The zero-order chi connectivity index (χ0) is 19.3. The normalized spacial score (nSPS) is 18.1. The lowest BCUT2D eigenvalue weighted by molar-refractivity contribution is 0.122. The van der Waals surface area contributed by atoms with Gasteiger partial charge >= 0.3 is 0 Å². The Morgan fingerprint density at radius 2 is 1.68 bits per heavy atom. The van der Waals surface area contributed by atoms with Crippen LogP contribution in [0.3, 0.4) is 0 Å². The van der Waals surface area contributed by atoms with Gasteiger partial charge in [0, 0.05) is 57.6 Å². The van der Waals surface area contributed by atoms with Crippen LogP contribution in [0, 0.1) is 18.3 Å². The Labute approximate surface area is 166 Å². The molecule has 0 N–H and O–H groups in total. The van der Waals surface area contributed by atoms with E-state index in [2.05, 4.69) is 31.8 Å². The zero-order valence-corrected chi connectivity index (χ0v) is 16.3. The van der Waals surface area contributed by atoms with Crippen molar-refractivity contribution in [3.63, 3.8) is 0 Å². The van der Waals surface area contributed by atoms with E-state index in [4.69, 9.17) is 15.0 Å². The number of anilines is 2. The van der Waals surface area contributed by atoms with Crippen molar-refractivity contribution in [2.75, 3.05) is 62.3 Å². The molecule has 0 saturated carbocycles. The smallest absolute Gasteiger partial charge is 0.227 e. The van der Waals surface area contributed by atoms with Crippen LogP contribution in [0.5, 0.6) is 0 Å². The number of hydrogen-bond donors (Lipinski definition) is 0. The Balaban J connectivity index is 1.37. The molecular weight excluding hydrogens is 352 g/mol. The molecule has 0 radical (unpaired) electrons. The van der Waals surface area contributed by atoms with Crippen LogP contribution in [0.2, 0.25) is 0 Å². The summed E-state index contributed by atoms with van der Waals surface area (Å²) >= 11 is 0. The minimum Gasteiger partial charge on any atom is -0.378 e. The van der Waals surface area contributed by atoms with Gasteiger partial charge in [-0.15, -0.1) is 0 Å². The van der Waals surface area contributed by atoms with Crippen LogP contribution in [0.1, 0.15) is 16.8 Å². The number of nitriles is 1. The molecule has 1 aromatic carbocycles. The maximum Gasteiger partial charge on any atom is 0.227 e. The summed E-state index contributed by atoms with van der Waals surface area (Å²) in [6.45, 7) is 10.0. The molecule has 0 aliphatic carbocycles. The fraction of sp³-hybridized carbons (Fsp3) is 0.476. The minimum atomic E-state index is 0.712. The van der Waals surface area contributed by atoms with Crippen molar-refractivity contribution < 1.29 is 4.74 Å². The second-order valence-electron chi connectivity index (χ2n) is 7.34. The molecule has 0 atom stereocenters. The molecule has 2 fully saturated rings. The van der Waals surface area contributed by atoms with Crippen LogP contribution in [0.4, 0.5) is 11.8 Å². The summed E-state index contributed by atoms with van der Waals surface area (Å²) in [5, 5.41) is 8.92. The van der Waals surface area contributed by atoms with Gasteiger partial charge in [-0.25, -0.2) is 4.98 Å². The Morgan fingerprint density at radius 3 is 2.36 bits per heavy atom. The first-order valence-corrected chi connectivity index (χ1v) is 9.86. The Kier molecular flexibility index (Phi) is 5.70. The molecule has 7 heteroatoms. The van der Waals surface area contributed by atoms with Gasteiger partial charge in [-0.1, -0.05) is 12.1 Å². The van der Waals surface area contributed by atoms with E-state index in [9.17, 15) is 0 Å². The lowest BCUT2D eigenvalue weighted by Crippen LogP contribution is -2.46. The summed E-state index contributed by atoms with van der Waals surface area (Å²) in [6, 6.07) is 12.1. The van der Waals surface area contributed by atoms with Crippen LogP contribution in [-0.2, 0) is 11.3 Å². The number of rotatable bonds is 4. The van der Waals surface area contributed by atoms with Crippen molar-refractivity contribution in [2.45, 2.75) is 13.5 Å². The first-order valence-electron chi connectivity index (χ1n) is 9.86. The molecule has 0 amide bonds. The van der Waals surface area contributed by atoms with Crippen LogP contribution >= 0.6 is 0 Å². The standard InChI is InChI=1S/C21H26N6O/c1-17-14-20(24-21(23-17)27-10-12-28-13-11-27)26-8-6-25(7-9-26)16-19-4-2-18(15-22)3-5-19/h2-5,14H,6-13,16H2,1H3. The van der Waals surface area contributed by atoms with E-state index >= 15 is 0 Å². The summed E-state index contributed by atoms with van der Waals surface area (Å²) in [4.78, 5) is 16.5. The maximum absolute atomic E-state index is 8.92. The van der Waals surface area contributed by atoms with Gasteiger partial charge < -0.3 is 14.5 Å². The fourth-order valence-electron chi connectivity index (χ4n) is 3.68. The molecule has 2 aromatic rings. The first-order chi connectivity index (χ1) is 13.7. The third-order valence-electron chi connectivity index (χ3n) is 5.31. The molecule has 2 aliphatic heterocycles. The second-order valence-corrected chi connectivity index (χ2v) is 7.34. The third kappa shape index (κ3) is 4.41. The van der Waals surface area contributed by atoms with E-state index in [0.29, 0.717) is 5.56 Å². The number of hydrogen-bond acceptors (Lipinski definition) is 7. The van der Waals surface area contributed by atoms with E-state index in [-0.39, 0.29) is 0 Å². The molecule has 7 nitrogen and oxygen atoms in total. The van der Waals surface area contributed by atoms with Gasteiger partial charge in [-0.05, 0) is 24.6 Å². The summed E-state index contributed by atoms with van der Waals surface area (Å²) < 4.78 is 5.44. The Hall–Kier alpha value is -2.69. The Bertz CT molecular complexity index is 833. The van der Waals surface area contributed by atoms with E-state index in [0.717, 1.165) is 76.5 Å². The highest BCUT2D eigenvalue weighted by Gasteiger charge is 2.21. The van der Waals surface area contributed by atoms with E-state index < -0.39 is 0 Å². The number of aryl methyl sites for hydroxylation is 1. The van der Waals surface area contributed by atoms with E-state index in [1.54, 1.807) is 0 Å². The predicted molar refractivity (Wildman–Crippen MR) is 108 cm³/mol. The zero-order valence-electron chi connectivity index (χ0n) is 16.3. The first kappa shape index (κ1) is 18.7. The van der Waals surface area contributed by atoms with Gasteiger partial charge in [0.2, 0.25) is 5.95 Å². The van der Waals surface area contributed by atoms with Gasteiger partial charge in [0.1, 0.15) is 5.82 Å². The number of piperazine rings is 1. The predicted octanol–water partition coefficient (Wildman–Crippen LogP) is 1.82. The van der Waals surface area contributed by atoms with Crippen molar-refractivity contribution in [1.29, 1.82) is 5.26 Å². The molecule has 1 aromatic heterocycles. The number of benzene rings is 1. The fourth-order valence-corrected chi connectivity index (χ4v) is 3.68. The SMILES string of the molecule is Cc1cc(N2CCN(Cc3ccc(C#N)cc3)CC2)nc(N2CCOCC2)n1. The van der Waals surface area contributed by atoms with Gasteiger partial charge in [0.05, 0.1) is 24.8 Å². The topological polar surface area (TPSA) is 68.5 Å². The molecule has 0 bridgehead atoms. The van der Waals surface area contributed by atoms with Crippen LogP contribution in [0.25, 0.3) is 0 Å². The van der Waals surface area contributed by atoms with Crippen molar-refractivity contribution in [1.82, 2.24) is 14.9 Å². The number of morpholine rings is 1. The summed E-state index contributed by atoms with van der Waals surface area (Å²) in [5.74, 6) is 1.84. The van der Waals surface area contributed by atoms with Gasteiger partial charge in [-0.2, -0.15) is 10.2 Å². The van der Waals surface area contributed by atoms with Crippen LogP contribution in [-0.4, -0.2) is 67.4 Å². The summed E-state index contributed by atoms with van der Waals surface area (Å²) in [5.41, 5.74) is 2.97. The second kappa shape index (κ2) is 8.55. The molecular formula is C21H26N6O. The monoisotopic (exact) mass is 378 g/mol. The molecule has 2 saturated heterocycles. The van der Waals surface area contributed by atoms with Crippen LogP contribution < -0.4 is 9.80 Å². The lowest BCUT2D eigenvalue weighted by Gasteiger charge is -2.36. The highest BCUT2D eigenvalue weighted by molar-refractivity contribution is 5.46. The van der Waals surface area contributed by atoms with Gasteiger partial charge in [0.15, 0.2) is 0 Å². The lowest BCUT2D eigenvalue weighted by atomic mass is 10.1. The number of ether oxygens (including phenoxy) is 1. The van der Waals surface area contributed by atoms with Crippen molar-refractivity contribution >= 4 is 11.8 Å². The van der Waals surface area contributed by atoms with Crippen molar-refractivity contribution in [2.24, 2.45) is 0 Å². The number of nitrogens with zero attached hydrogens (tertiary/aromatic N) is 6. The molecule has 0 unspecified atom stereocenters. The molecule has 146 valence electrons. The molecule has 4 rings (SSSR count). The third-order valence-corrected chi connectivity index (χ3v) is 5.31. The Morgan fingerprint density at radius 1 is 0.964 bits per heavy atom. The van der Waals surface area contributed by atoms with E-state index in [1.165, 1.54) is 5.56 Å².